The average molecular weight is 443 g/mol. The highest BCUT2D eigenvalue weighted by Crippen LogP contribution is 2.25. The molecule has 11 heteroatoms. The molecule has 166 valence electrons. The first kappa shape index (κ1) is 22.4. The number of rotatable bonds is 7. The number of sulfonamides is 1. The van der Waals surface area contributed by atoms with Crippen LogP contribution in [0, 0.1) is 5.82 Å². The molecule has 2 fully saturated rings. The van der Waals surface area contributed by atoms with E-state index in [0.717, 1.165) is 9.87 Å². The van der Waals surface area contributed by atoms with Gasteiger partial charge in [-0.2, -0.15) is 0 Å². The quantitative estimate of drug-likeness (QED) is 0.587. The smallest absolute Gasteiger partial charge is 0.315 e. The SMILES string of the molecule is COCCCN1C(=O)C2CC(NC(=O)NCc3ccc(F)cc3)CN2CCS1(=O)=O. The number of carbonyl (C=O) groups is 2. The summed E-state index contributed by atoms with van der Waals surface area (Å²) in [5.74, 6) is -0.921. The van der Waals surface area contributed by atoms with Crippen LogP contribution in [0.25, 0.3) is 0 Å². The third kappa shape index (κ3) is 5.46. The van der Waals surface area contributed by atoms with E-state index < -0.39 is 22.0 Å². The fraction of sp³-hybridized carbons (Fsp3) is 0.579. The second-order valence-electron chi connectivity index (χ2n) is 7.47. The molecule has 0 bridgehead atoms. The predicted molar refractivity (Wildman–Crippen MR) is 108 cm³/mol. The Labute approximate surface area is 175 Å². The van der Waals surface area contributed by atoms with Crippen molar-refractivity contribution in [3.63, 3.8) is 0 Å². The van der Waals surface area contributed by atoms with E-state index in [1.165, 1.54) is 19.2 Å². The Morgan fingerprint density at radius 2 is 2.03 bits per heavy atom. The van der Waals surface area contributed by atoms with E-state index in [9.17, 15) is 22.4 Å². The zero-order valence-corrected chi connectivity index (χ0v) is 17.7. The van der Waals surface area contributed by atoms with Gasteiger partial charge in [-0.05, 0) is 30.5 Å². The van der Waals surface area contributed by atoms with Crippen molar-refractivity contribution in [1.82, 2.24) is 19.8 Å². The van der Waals surface area contributed by atoms with Gasteiger partial charge in [-0.3, -0.25) is 9.69 Å². The summed E-state index contributed by atoms with van der Waals surface area (Å²) in [6.07, 6.45) is 0.779. The molecule has 2 heterocycles. The summed E-state index contributed by atoms with van der Waals surface area (Å²) in [6.45, 7) is 1.36. The standard InChI is InChI=1S/C19H27FN4O5S/c1-29-9-2-7-24-18(25)17-11-16(13-23(17)8-10-30(24,27)28)22-19(26)21-12-14-3-5-15(20)6-4-14/h3-6,16-17H,2,7-13H2,1H3,(H2,21,22,26). The van der Waals surface area contributed by atoms with E-state index in [-0.39, 0.29) is 43.3 Å². The molecule has 0 spiro atoms. The second-order valence-corrected chi connectivity index (χ2v) is 9.48. The molecule has 2 saturated heterocycles. The van der Waals surface area contributed by atoms with E-state index in [1.54, 1.807) is 12.1 Å². The van der Waals surface area contributed by atoms with Gasteiger partial charge < -0.3 is 15.4 Å². The zero-order chi connectivity index (χ0) is 21.7. The van der Waals surface area contributed by atoms with Crippen LogP contribution in [-0.4, -0.2) is 80.7 Å². The highest BCUT2D eigenvalue weighted by Gasteiger charge is 2.45. The Kier molecular flexibility index (Phi) is 7.27. The van der Waals surface area contributed by atoms with Gasteiger partial charge >= 0.3 is 6.03 Å². The molecule has 1 aromatic carbocycles. The summed E-state index contributed by atoms with van der Waals surface area (Å²) < 4.78 is 43.8. The highest BCUT2D eigenvalue weighted by molar-refractivity contribution is 7.89. The Morgan fingerprint density at radius 1 is 1.30 bits per heavy atom. The Morgan fingerprint density at radius 3 is 2.73 bits per heavy atom. The van der Waals surface area contributed by atoms with E-state index >= 15 is 0 Å². The van der Waals surface area contributed by atoms with Crippen molar-refractivity contribution >= 4 is 22.0 Å². The van der Waals surface area contributed by atoms with E-state index in [2.05, 4.69) is 10.6 Å². The molecule has 2 atom stereocenters. The first-order valence-electron chi connectivity index (χ1n) is 9.86. The summed E-state index contributed by atoms with van der Waals surface area (Å²) in [4.78, 5) is 26.9. The van der Waals surface area contributed by atoms with Crippen molar-refractivity contribution in [1.29, 1.82) is 0 Å². The molecule has 2 aliphatic heterocycles. The van der Waals surface area contributed by atoms with Gasteiger partial charge in [0.2, 0.25) is 10.0 Å². The summed E-state index contributed by atoms with van der Waals surface area (Å²) in [7, 11) is -2.13. The molecule has 1 aromatic rings. The van der Waals surface area contributed by atoms with Crippen LogP contribution in [0.15, 0.2) is 24.3 Å². The van der Waals surface area contributed by atoms with Gasteiger partial charge in [-0.25, -0.2) is 21.9 Å². The Balaban J connectivity index is 1.55. The first-order valence-corrected chi connectivity index (χ1v) is 11.5. The van der Waals surface area contributed by atoms with Crippen LogP contribution < -0.4 is 10.6 Å². The minimum Gasteiger partial charge on any atom is -0.385 e. The molecule has 0 saturated carbocycles. The number of benzene rings is 1. The molecule has 3 rings (SSSR count). The highest BCUT2D eigenvalue weighted by atomic mass is 32.2. The van der Waals surface area contributed by atoms with Crippen LogP contribution in [0.3, 0.4) is 0 Å². The van der Waals surface area contributed by atoms with Crippen LogP contribution in [-0.2, 0) is 26.1 Å². The van der Waals surface area contributed by atoms with Crippen molar-refractivity contribution in [2.45, 2.75) is 31.5 Å². The summed E-state index contributed by atoms with van der Waals surface area (Å²) >= 11 is 0. The van der Waals surface area contributed by atoms with E-state index in [4.69, 9.17) is 4.74 Å². The fourth-order valence-corrected chi connectivity index (χ4v) is 5.27. The lowest BCUT2D eigenvalue weighted by atomic mass is 10.1. The molecule has 3 amide bonds. The largest absolute Gasteiger partial charge is 0.385 e. The van der Waals surface area contributed by atoms with Gasteiger partial charge in [0.1, 0.15) is 5.82 Å². The topological polar surface area (TPSA) is 108 Å². The van der Waals surface area contributed by atoms with Gasteiger partial charge in [0.25, 0.3) is 5.91 Å². The number of methoxy groups -OCH3 is 1. The summed E-state index contributed by atoms with van der Waals surface area (Å²) in [5, 5.41) is 5.55. The number of ether oxygens (including phenoxy) is 1. The number of carbonyl (C=O) groups excluding carboxylic acids is 2. The fourth-order valence-electron chi connectivity index (χ4n) is 3.78. The maximum absolute atomic E-state index is 12.9. The molecule has 0 aliphatic carbocycles. The van der Waals surface area contributed by atoms with Crippen molar-refractivity contribution in [3.8, 4) is 0 Å². The average Bonchev–Trinajstić information content (AvgIpc) is 3.08. The van der Waals surface area contributed by atoms with Crippen LogP contribution in [0.4, 0.5) is 9.18 Å². The third-order valence-electron chi connectivity index (χ3n) is 5.32. The third-order valence-corrected chi connectivity index (χ3v) is 7.05. The van der Waals surface area contributed by atoms with Crippen LogP contribution in [0.2, 0.25) is 0 Å². The molecule has 2 aliphatic rings. The zero-order valence-electron chi connectivity index (χ0n) is 16.8. The minimum atomic E-state index is -3.65. The van der Waals surface area contributed by atoms with Gasteiger partial charge in [0.15, 0.2) is 0 Å². The van der Waals surface area contributed by atoms with Crippen molar-refractivity contribution in [2.24, 2.45) is 0 Å². The number of nitrogens with zero attached hydrogens (tertiary/aromatic N) is 2. The number of fused-ring (bicyclic) bond motifs is 1. The van der Waals surface area contributed by atoms with Gasteiger partial charge in [-0.15, -0.1) is 0 Å². The number of hydrogen-bond donors (Lipinski definition) is 2. The molecule has 0 aromatic heterocycles. The maximum Gasteiger partial charge on any atom is 0.315 e. The normalized spacial score (nSPS) is 23.7. The summed E-state index contributed by atoms with van der Waals surface area (Å²) in [6, 6.07) is 4.59. The number of halogens is 1. The van der Waals surface area contributed by atoms with Crippen LogP contribution >= 0.6 is 0 Å². The molecule has 0 radical (unpaired) electrons. The number of urea groups is 1. The molecular formula is C19H27FN4O5S. The van der Waals surface area contributed by atoms with Gasteiger partial charge in [0.05, 0.1) is 11.8 Å². The lowest BCUT2D eigenvalue weighted by molar-refractivity contribution is -0.130. The monoisotopic (exact) mass is 442 g/mol. The number of amides is 3. The minimum absolute atomic E-state index is 0.0929. The first-order chi connectivity index (χ1) is 14.3. The second kappa shape index (κ2) is 9.71. The molecule has 30 heavy (non-hydrogen) atoms. The molecule has 2 N–H and O–H groups in total. The van der Waals surface area contributed by atoms with Crippen molar-refractivity contribution < 1.29 is 27.1 Å². The molecular weight excluding hydrogens is 415 g/mol. The maximum atomic E-state index is 12.9. The van der Waals surface area contributed by atoms with E-state index in [1.807, 2.05) is 4.90 Å². The van der Waals surface area contributed by atoms with Crippen molar-refractivity contribution in [3.05, 3.63) is 35.6 Å². The van der Waals surface area contributed by atoms with Crippen LogP contribution in [0.1, 0.15) is 18.4 Å². The van der Waals surface area contributed by atoms with Crippen LogP contribution in [0.5, 0.6) is 0 Å². The lowest BCUT2D eigenvalue weighted by Crippen LogP contribution is -2.45. The number of hydrogen-bond acceptors (Lipinski definition) is 6. The van der Waals surface area contributed by atoms with E-state index in [0.29, 0.717) is 26.0 Å². The molecule has 2 unspecified atom stereocenters. The number of nitrogens with one attached hydrogen (secondary N) is 2. The van der Waals surface area contributed by atoms with Crippen molar-refractivity contribution in [2.75, 3.05) is 39.1 Å². The Bertz CT molecular complexity index is 864. The summed E-state index contributed by atoms with van der Waals surface area (Å²) in [5.41, 5.74) is 0.763. The molecule has 9 nitrogen and oxygen atoms in total. The lowest BCUT2D eigenvalue weighted by Gasteiger charge is -2.23. The van der Waals surface area contributed by atoms with Gasteiger partial charge in [0, 0.05) is 45.9 Å². The predicted octanol–water partition coefficient (Wildman–Crippen LogP) is 0.276. The Hall–Kier alpha value is -2.24. The van der Waals surface area contributed by atoms with Gasteiger partial charge in [-0.1, -0.05) is 12.1 Å².